The van der Waals surface area contributed by atoms with Gasteiger partial charge in [-0.2, -0.15) is 0 Å². The molecule has 3 fully saturated rings. The summed E-state index contributed by atoms with van der Waals surface area (Å²) in [5.74, 6) is 1.43. The Kier molecular flexibility index (Phi) is 9.41. The molecule has 0 bridgehead atoms. The van der Waals surface area contributed by atoms with E-state index in [2.05, 4.69) is 45.6 Å². The summed E-state index contributed by atoms with van der Waals surface area (Å²) in [6.07, 6.45) is 11.7. The molecule has 206 valence electrons. The average Bonchev–Trinajstić information content (AvgIpc) is 2.97. The lowest BCUT2D eigenvalue weighted by Gasteiger charge is -2.38. The second-order valence-corrected chi connectivity index (χ2v) is 11.5. The van der Waals surface area contributed by atoms with E-state index < -0.39 is 0 Å². The Morgan fingerprint density at radius 1 is 1.11 bits per heavy atom. The number of aryl methyl sites for hydroxylation is 1. The average molecular weight is 521 g/mol. The summed E-state index contributed by atoms with van der Waals surface area (Å²) in [4.78, 5) is 24.5. The van der Waals surface area contributed by atoms with Crippen LogP contribution >= 0.6 is 0 Å². The molecule has 1 aliphatic carbocycles. The summed E-state index contributed by atoms with van der Waals surface area (Å²) < 4.78 is 11.2. The summed E-state index contributed by atoms with van der Waals surface area (Å²) in [6, 6.07) is 11.7. The van der Waals surface area contributed by atoms with E-state index in [0.717, 1.165) is 63.1 Å². The molecule has 1 saturated carbocycles. The molecule has 4 atom stereocenters. The van der Waals surface area contributed by atoms with Crippen molar-refractivity contribution in [2.75, 3.05) is 33.4 Å². The minimum Gasteiger partial charge on any atom is -0.379 e. The van der Waals surface area contributed by atoms with E-state index in [1.807, 2.05) is 11.8 Å². The first-order chi connectivity index (χ1) is 18.6. The zero-order valence-corrected chi connectivity index (χ0v) is 23.1. The van der Waals surface area contributed by atoms with Gasteiger partial charge in [-0.05, 0) is 69.3 Å². The highest BCUT2D eigenvalue weighted by molar-refractivity contribution is 5.93. The third-order valence-corrected chi connectivity index (χ3v) is 9.07. The van der Waals surface area contributed by atoms with E-state index in [1.54, 1.807) is 13.4 Å². The highest BCUT2D eigenvalue weighted by Crippen LogP contribution is 2.38. The van der Waals surface area contributed by atoms with Crippen LogP contribution in [0.2, 0.25) is 0 Å². The molecular formula is C31H44N4O3. The second kappa shape index (κ2) is 13.1. The molecule has 1 aromatic carbocycles. The van der Waals surface area contributed by atoms with E-state index in [4.69, 9.17) is 9.47 Å². The van der Waals surface area contributed by atoms with Gasteiger partial charge >= 0.3 is 0 Å². The van der Waals surface area contributed by atoms with Gasteiger partial charge in [0.2, 0.25) is 0 Å². The van der Waals surface area contributed by atoms with Gasteiger partial charge < -0.3 is 19.7 Å². The van der Waals surface area contributed by atoms with E-state index >= 15 is 0 Å². The van der Waals surface area contributed by atoms with Crippen molar-refractivity contribution in [3.05, 3.63) is 59.2 Å². The Bertz CT molecular complexity index is 1040. The summed E-state index contributed by atoms with van der Waals surface area (Å²) in [5, 5.41) is 3.77. The Hall–Kier alpha value is -2.35. The number of nitrogens with zero attached hydrogens (tertiary/aromatic N) is 3. The molecule has 0 unspecified atom stereocenters. The zero-order chi connectivity index (χ0) is 26.3. The third-order valence-electron chi connectivity index (χ3n) is 9.07. The van der Waals surface area contributed by atoms with Crippen LogP contribution in [0.1, 0.15) is 84.6 Å². The van der Waals surface area contributed by atoms with Crippen molar-refractivity contribution in [3.8, 4) is 0 Å². The molecule has 7 nitrogen and oxygen atoms in total. The Morgan fingerprint density at radius 2 is 1.92 bits per heavy atom. The number of carbonyl (C=O) groups is 1. The highest BCUT2D eigenvalue weighted by Gasteiger charge is 2.31. The SMILES string of the molecule is CO[C@H]1COCC[C@H]1NC1CCN(C(=O)c2ncnc(CC[C@H]3CCC[C@@H](c4ccccc4)C3)c2C)CC1. The van der Waals surface area contributed by atoms with Crippen LogP contribution in [0.25, 0.3) is 0 Å². The van der Waals surface area contributed by atoms with Crippen LogP contribution in [0, 0.1) is 12.8 Å². The molecule has 0 spiro atoms. The number of hydrogen-bond donors (Lipinski definition) is 1. The summed E-state index contributed by atoms with van der Waals surface area (Å²) in [5.41, 5.74) is 4.05. The minimum absolute atomic E-state index is 0.0484. The number of carbonyl (C=O) groups excluding carboxylic acids is 1. The van der Waals surface area contributed by atoms with Crippen LogP contribution in [0.3, 0.4) is 0 Å². The number of methoxy groups -OCH3 is 1. The van der Waals surface area contributed by atoms with E-state index in [9.17, 15) is 4.79 Å². The molecule has 1 aromatic heterocycles. The largest absolute Gasteiger partial charge is 0.379 e. The van der Waals surface area contributed by atoms with Gasteiger partial charge in [-0.1, -0.05) is 43.2 Å². The van der Waals surface area contributed by atoms with E-state index in [-0.39, 0.29) is 12.0 Å². The fraction of sp³-hybridized carbons (Fsp3) is 0.645. The van der Waals surface area contributed by atoms with Gasteiger partial charge in [0.15, 0.2) is 0 Å². The number of hydrogen-bond acceptors (Lipinski definition) is 6. The molecule has 5 rings (SSSR count). The lowest BCUT2D eigenvalue weighted by atomic mass is 9.76. The predicted octanol–water partition coefficient (Wildman–Crippen LogP) is 4.69. The predicted molar refractivity (Wildman–Crippen MR) is 148 cm³/mol. The summed E-state index contributed by atoms with van der Waals surface area (Å²) in [7, 11) is 1.75. The van der Waals surface area contributed by atoms with Crippen LogP contribution in [-0.4, -0.2) is 72.4 Å². The van der Waals surface area contributed by atoms with Gasteiger partial charge in [0.1, 0.15) is 12.0 Å². The number of ether oxygens (including phenoxy) is 2. The van der Waals surface area contributed by atoms with Gasteiger partial charge in [0.25, 0.3) is 5.91 Å². The molecule has 3 heterocycles. The third kappa shape index (κ3) is 6.61. The van der Waals surface area contributed by atoms with Crippen molar-refractivity contribution in [1.82, 2.24) is 20.2 Å². The quantitative estimate of drug-likeness (QED) is 0.544. The van der Waals surface area contributed by atoms with Crippen LogP contribution in [-0.2, 0) is 15.9 Å². The molecule has 0 radical (unpaired) electrons. The smallest absolute Gasteiger partial charge is 0.272 e. The number of amides is 1. The minimum atomic E-state index is 0.0484. The molecule has 1 N–H and O–H groups in total. The number of rotatable bonds is 8. The molecular weight excluding hydrogens is 476 g/mol. The number of piperidine rings is 1. The van der Waals surface area contributed by atoms with Gasteiger partial charge in [-0.3, -0.25) is 4.79 Å². The van der Waals surface area contributed by atoms with Crippen molar-refractivity contribution < 1.29 is 14.3 Å². The first-order valence-electron chi connectivity index (χ1n) is 14.6. The van der Waals surface area contributed by atoms with Crippen molar-refractivity contribution in [1.29, 1.82) is 0 Å². The van der Waals surface area contributed by atoms with Gasteiger partial charge in [0.05, 0.1) is 12.7 Å². The van der Waals surface area contributed by atoms with Crippen molar-refractivity contribution in [3.63, 3.8) is 0 Å². The maximum absolute atomic E-state index is 13.5. The van der Waals surface area contributed by atoms with Gasteiger partial charge in [-0.25, -0.2) is 9.97 Å². The fourth-order valence-corrected chi connectivity index (χ4v) is 6.71. The normalized spacial score (nSPS) is 26.8. The van der Waals surface area contributed by atoms with Crippen molar-refractivity contribution in [2.45, 2.75) is 88.8 Å². The maximum Gasteiger partial charge on any atom is 0.272 e. The zero-order valence-electron chi connectivity index (χ0n) is 23.1. The van der Waals surface area contributed by atoms with Gasteiger partial charge in [-0.15, -0.1) is 0 Å². The van der Waals surface area contributed by atoms with Crippen LogP contribution in [0.15, 0.2) is 36.7 Å². The number of aromatic nitrogens is 2. The Morgan fingerprint density at radius 3 is 2.71 bits per heavy atom. The molecule has 1 amide bonds. The van der Waals surface area contributed by atoms with Crippen molar-refractivity contribution >= 4 is 5.91 Å². The van der Waals surface area contributed by atoms with E-state index in [0.29, 0.717) is 36.2 Å². The van der Waals surface area contributed by atoms with Gasteiger partial charge in [0, 0.05) is 50.1 Å². The Labute approximate surface area is 227 Å². The molecule has 7 heteroatoms. The number of nitrogens with one attached hydrogen (secondary N) is 1. The Balaban J connectivity index is 1.13. The van der Waals surface area contributed by atoms with Crippen molar-refractivity contribution in [2.24, 2.45) is 5.92 Å². The maximum atomic E-state index is 13.5. The summed E-state index contributed by atoms with van der Waals surface area (Å²) in [6.45, 7) is 4.95. The lowest BCUT2D eigenvalue weighted by Crippen LogP contribution is -2.54. The molecule has 2 aromatic rings. The lowest BCUT2D eigenvalue weighted by molar-refractivity contribution is -0.0533. The second-order valence-electron chi connectivity index (χ2n) is 11.5. The first-order valence-corrected chi connectivity index (χ1v) is 14.6. The monoisotopic (exact) mass is 520 g/mol. The molecule has 3 aliphatic rings. The van der Waals surface area contributed by atoms with Crippen LogP contribution < -0.4 is 5.32 Å². The number of likely N-dealkylation sites (tertiary alicyclic amines) is 1. The first kappa shape index (κ1) is 27.2. The number of benzene rings is 1. The highest BCUT2D eigenvalue weighted by atomic mass is 16.5. The molecule has 2 saturated heterocycles. The topological polar surface area (TPSA) is 76.6 Å². The van der Waals surface area contributed by atoms with Crippen LogP contribution in [0.4, 0.5) is 0 Å². The molecule has 38 heavy (non-hydrogen) atoms. The van der Waals surface area contributed by atoms with Crippen LogP contribution in [0.5, 0.6) is 0 Å². The standard InChI is InChI=1S/C31H44N4O3/c1-22-27(12-11-23-7-6-10-25(19-23)24-8-4-3-5-9-24)32-21-33-30(22)31(36)35-16-13-26(14-17-35)34-28-15-18-38-20-29(28)37-2/h3-5,8-9,21,23,25-26,28-29,34H,6-7,10-20H2,1-2H3/t23-,25-,28-,29+/m1/s1. The molecule has 2 aliphatic heterocycles. The fourth-order valence-electron chi connectivity index (χ4n) is 6.71. The summed E-state index contributed by atoms with van der Waals surface area (Å²) >= 11 is 0. The van der Waals surface area contributed by atoms with E-state index in [1.165, 1.54) is 31.2 Å².